The molecule has 1 amide bonds. The first kappa shape index (κ1) is 19.5. The SMILES string of the molecule is CCC(C)(C)[C@@H]1CCc2c(sc3c2C(=O)N[C@@H](c2ccc(C(C)C)cc2)N3)C1. The smallest absolute Gasteiger partial charge is 0.256 e. The molecule has 28 heavy (non-hydrogen) atoms. The summed E-state index contributed by atoms with van der Waals surface area (Å²) in [6, 6.07) is 8.59. The fourth-order valence-electron chi connectivity index (χ4n) is 4.49. The molecule has 1 aromatic carbocycles. The van der Waals surface area contributed by atoms with E-state index < -0.39 is 0 Å². The van der Waals surface area contributed by atoms with Gasteiger partial charge in [0.2, 0.25) is 0 Å². The number of amides is 1. The largest absolute Gasteiger partial charge is 0.353 e. The molecule has 2 heterocycles. The molecule has 0 bridgehead atoms. The van der Waals surface area contributed by atoms with Gasteiger partial charge in [-0.3, -0.25) is 4.79 Å². The minimum absolute atomic E-state index is 0.0809. The van der Waals surface area contributed by atoms with E-state index in [1.54, 1.807) is 11.3 Å². The highest BCUT2D eigenvalue weighted by atomic mass is 32.1. The zero-order chi connectivity index (χ0) is 20.1. The lowest BCUT2D eigenvalue weighted by molar-refractivity contribution is 0.0934. The Morgan fingerprint density at radius 1 is 1.18 bits per heavy atom. The van der Waals surface area contributed by atoms with Crippen molar-refractivity contribution in [2.24, 2.45) is 11.3 Å². The van der Waals surface area contributed by atoms with Crippen molar-refractivity contribution in [2.45, 2.75) is 72.4 Å². The van der Waals surface area contributed by atoms with Crippen molar-refractivity contribution in [3.05, 3.63) is 51.4 Å². The van der Waals surface area contributed by atoms with Gasteiger partial charge in [-0.1, -0.05) is 65.3 Å². The lowest BCUT2D eigenvalue weighted by Gasteiger charge is -2.36. The van der Waals surface area contributed by atoms with Gasteiger partial charge in [0.1, 0.15) is 11.2 Å². The average Bonchev–Trinajstić information content (AvgIpc) is 3.06. The summed E-state index contributed by atoms with van der Waals surface area (Å²) < 4.78 is 0. The molecule has 4 rings (SSSR count). The molecule has 1 aromatic heterocycles. The lowest BCUT2D eigenvalue weighted by atomic mass is 9.69. The molecule has 1 aliphatic carbocycles. The summed E-state index contributed by atoms with van der Waals surface area (Å²) in [6.07, 6.45) is 4.37. The van der Waals surface area contributed by atoms with Crippen LogP contribution in [0.15, 0.2) is 24.3 Å². The van der Waals surface area contributed by atoms with Crippen LogP contribution in [-0.2, 0) is 12.8 Å². The second kappa shape index (κ2) is 7.22. The molecule has 1 aliphatic heterocycles. The van der Waals surface area contributed by atoms with E-state index in [0.29, 0.717) is 17.3 Å². The van der Waals surface area contributed by atoms with E-state index in [4.69, 9.17) is 0 Å². The maximum atomic E-state index is 13.0. The van der Waals surface area contributed by atoms with Crippen LogP contribution in [0.3, 0.4) is 0 Å². The number of hydrogen-bond donors (Lipinski definition) is 2. The van der Waals surface area contributed by atoms with Crippen molar-refractivity contribution in [3.63, 3.8) is 0 Å². The fourth-order valence-corrected chi connectivity index (χ4v) is 5.85. The standard InChI is InChI=1S/C24H32N2OS/c1-6-24(4,5)17-11-12-18-19(13-17)28-23-20(18)22(27)25-21(26-23)16-9-7-15(8-10-16)14(2)3/h7-10,14,17,21,26H,6,11-13H2,1-5H3,(H,25,27)/t17-,21-/m1/s1. The van der Waals surface area contributed by atoms with Crippen molar-refractivity contribution >= 4 is 22.2 Å². The van der Waals surface area contributed by atoms with Crippen LogP contribution in [0.1, 0.15) is 91.5 Å². The van der Waals surface area contributed by atoms with Crippen molar-refractivity contribution in [1.82, 2.24) is 5.32 Å². The van der Waals surface area contributed by atoms with E-state index in [2.05, 4.69) is 69.5 Å². The highest BCUT2D eigenvalue weighted by molar-refractivity contribution is 7.16. The number of nitrogens with one attached hydrogen (secondary N) is 2. The molecule has 4 heteroatoms. The molecule has 0 fully saturated rings. The van der Waals surface area contributed by atoms with Crippen LogP contribution in [0.5, 0.6) is 0 Å². The number of rotatable bonds is 4. The number of thiophene rings is 1. The number of anilines is 1. The van der Waals surface area contributed by atoms with Gasteiger partial charge >= 0.3 is 0 Å². The van der Waals surface area contributed by atoms with E-state index in [1.165, 1.54) is 28.8 Å². The molecule has 3 nitrogen and oxygen atoms in total. The Morgan fingerprint density at radius 2 is 1.89 bits per heavy atom. The molecule has 0 saturated heterocycles. The Morgan fingerprint density at radius 3 is 2.54 bits per heavy atom. The minimum atomic E-state index is -0.149. The Kier molecular flexibility index (Phi) is 5.03. The molecule has 150 valence electrons. The summed E-state index contributed by atoms with van der Waals surface area (Å²) in [5.74, 6) is 1.30. The lowest BCUT2D eigenvalue weighted by Crippen LogP contribution is -2.38. The average molecular weight is 397 g/mol. The Labute approximate surface area is 172 Å². The summed E-state index contributed by atoms with van der Waals surface area (Å²) in [6.45, 7) is 11.5. The number of hydrogen-bond acceptors (Lipinski definition) is 3. The molecule has 2 aromatic rings. The molecule has 0 radical (unpaired) electrons. The third kappa shape index (κ3) is 3.36. The molecule has 2 N–H and O–H groups in total. The molecule has 2 atom stereocenters. The summed E-state index contributed by atoms with van der Waals surface area (Å²) in [7, 11) is 0. The Hall–Kier alpha value is -1.81. The van der Waals surface area contributed by atoms with Crippen LogP contribution < -0.4 is 10.6 Å². The third-order valence-corrected chi connectivity index (χ3v) is 8.18. The zero-order valence-corrected chi connectivity index (χ0v) is 18.5. The first-order valence-corrected chi connectivity index (χ1v) is 11.4. The fraction of sp³-hybridized carbons (Fsp3) is 0.542. The quantitative estimate of drug-likeness (QED) is 0.640. The number of carbonyl (C=O) groups excluding carboxylic acids is 1. The first-order chi connectivity index (χ1) is 13.3. The third-order valence-electron chi connectivity index (χ3n) is 7.00. The Bertz CT molecular complexity index is 879. The van der Waals surface area contributed by atoms with Crippen LogP contribution in [-0.4, -0.2) is 5.91 Å². The molecule has 0 spiro atoms. The maximum absolute atomic E-state index is 13.0. The highest BCUT2D eigenvalue weighted by Gasteiger charge is 2.37. The van der Waals surface area contributed by atoms with Gasteiger partial charge in [-0.05, 0) is 53.2 Å². The molecule has 0 unspecified atom stereocenters. The number of fused-ring (bicyclic) bond motifs is 3. The predicted octanol–water partition coefficient (Wildman–Crippen LogP) is 6.27. The summed E-state index contributed by atoms with van der Waals surface area (Å²) in [4.78, 5) is 14.4. The van der Waals surface area contributed by atoms with Crippen LogP contribution in [0.25, 0.3) is 0 Å². The summed E-state index contributed by atoms with van der Waals surface area (Å²) in [5.41, 5.74) is 4.99. The zero-order valence-electron chi connectivity index (χ0n) is 17.7. The number of carbonyl (C=O) groups is 1. The molecular weight excluding hydrogens is 364 g/mol. The van der Waals surface area contributed by atoms with E-state index in [0.717, 1.165) is 29.0 Å². The van der Waals surface area contributed by atoms with Crippen molar-refractivity contribution in [1.29, 1.82) is 0 Å². The second-order valence-electron chi connectivity index (χ2n) is 9.36. The van der Waals surface area contributed by atoms with Gasteiger partial charge in [-0.15, -0.1) is 11.3 Å². The van der Waals surface area contributed by atoms with Gasteiger partial charge in [0.25, 0.3) is 5.91 Å². The van der Waals surface area contributed by atoms with Crippen molar-refractivity contribution < 1.29 is 4.79 Å². The van der Waals surface area contributed by atoms with Gasteiger partial charge in [0, 0.05) is 4.88 Å². The molecular formula is C24H32N2OS. The normalized spacial score (nSPS) is 21.7. The second-order valence-corrected chi connectivity index (χ2v) is 10.5. The van der Waals surface area contributed by atoms with Gasteiger partial charge < -0.3 is 10.6 Å². The van der Waals surface area contributed by atoms with E-state index >= 15 is 0 Å². The van der Waals surface area contributed by atoms with Gasteiger partial charge in [0.15, 0.2) is 0 Å². The Balaban J connectivity index is 1.59. The topological polar surface area (TPSA) is 41.1 Å². The monoisotopic (exact) mass is 396 g/mol. The van der Waals surface area contributed by atoms with E-state index in [1.807, 2.05) is 0 Å². The van der Waals surface area contributed by atoms with Gasteiger partial charge in [-0.25, -0.2) is 0 Å². The van der Waals surface area contributed by atoms with Crippen molar-refractivity contribution in [3.8, 4) is 0 Å². The maximum Gasteiger partial charge on any atom is 0.256 e. The number of benzene rings is 1. The van der Waals surface area contributed by atoms with Crippen LogP contribution in [0.4, 0.5) is 5.00 Å². The molecule has 0 saturated carbocycles. The van der Waals surface area contributed by atoms with Crippen LogP contribution in [0, 0.1) is 11.3 Å². The van der Waals surface area contributed by atoms with E-state index in [-0.39, 0.29) is 12.1 Å². The molecule has 2 aliphatic rings. The minimum Gasteiger partial charge on any atom is -0.353 e. The first-order valence-electron chi connectivity index (χ1n) is 10.6. The predicted molar refractivity (Wildman–Crippen MR) is 118 cm³/mol. The van der Waals surface area contributed by atoms with Crippen LogP contribution in [0.2, 0.25) is 0 Å². The van der Waals surface area contributed by atoms with Gasteiger partial charge in [-0.2, -0.15) is 0 Å². The van der Waals surface area contributed by atoms with Crippen molar-refractivity contribution in [2.75, 3.05) is 5.32 Å². The highest BCUT2D eigenvalue weighted by Crippen LogP contribution is 2.46. The summed E-state index contributed by atoms with van der Waals surface area (Å²) in [5, 5.41) is 7.84. The van der Waals surface area contributed by atoms with Gasteiger partial charge in [0.05, 0.1) is 5.56 Å². The summed E-state index contributed by atoms with van der Waals surface area (Å²) >= 11 is 1.81. The van der Waals surface area contributed by atoms with Crippen LogP contribution >= 0.6 is 11.3 Å². The van der Waals surface area contributed by atoms with E-state index in [9.17, 15) is 4.79 Å².